The van der Waals surface area contributed by atoms with Crippen LogP contribution in [0.4, 0.5) is 5.69 Å². The predicted octanol–water partition coefficient (Wildman–Crippen LogP) is 6.76. The van der Waals surface area contributed by atoms with Crippen LogP contribution >= 0.6 is 11.6 Å². The Labute approximate surface area is 259 Å². The molecule has 2 N–H and O–H groups in total. The van der Waals surface area contributed by atoms with E-state index in [2.05, 4.69) is 10.3 Å². The van der Waals surface area contributed by atoms with E-state index in [-0.39, 0.29) is 39.8 Å². The Morgan fingerprint density at radius 1 is 1.02 bits per heavy atom. The van der Waals surface area contributed by atoms with E-state index in [1.807, 2.05) is 26.0 Å². The molecular weight excluding hydrogens is 586 g/mol. The molecule has 10 nitrogen and oxygen atoms in total. The third-order valence-electron chi connectivity index (χ3n) is 7.27. The van der Waals surface area contributed by atoms with Gasteiger partial charge in [0, 0.05) is 43.1 Å². The lowest BCUT2D eigenvalue weighted by molar-refractivity contribution is 0.0595. The minimum Gasteiger partial charge on any atom is -0.497 e. The van der Waals surface area contributed by atoms with E-state index in [1.54, 1.807) is 54.5 Å². The molecule has 5 rings (SSSR count). The van der Waals surface area contributed by atoms with Crippen LogP contribution in [0.15, 0.2) is 71.1 Å². The Hall–Kier alpha value is -4.83. The molecule has 0 unspecified atom stereocenters. The van der Waals surface area contributed by atoms with E-state index in [9.17, 15) is 14.4 Å². The number of methoxy groups -OCH3 is 1. The molecule has 1 fully saturated rings. The average molecular weight is 618 g/mol. The Kier molecular flexibility index (Phi) is 9.20. The van der Waals surface area contributed by atoms with Crippen molar-refractivity contribution >= 4 is 35.1 Å². The van der Waals surface area contributed by atoms with Gasteiger partial charge in [0.05, 0.1) is 23.3 Å². The number of carbonyl (C=O) groups is 3. The van der Waals surface area contributed by atoms with Crippen LogP contribution in [-0.2, 0) is 0 Å². The van der Waals surface area contributed by atoms with Crippen LogP contribution in [0.5, 0.6) is 11.5 Å². The highest BCUT2D eigenvalue weighted by atomic mass is 35.5. The second-order valence-corrected chi connectivity index (χ2v) is 11.1. The van der Waals surface area contributed by atoms with Crippen molar-refractivity contribution in [1.29, 1.82) is 0 Å². The lowest BCUT2D eigenvalue weighted by atomic mass is 10.1. The summed E-state index contributed by atoms with van der Waals surface area (Å²) in [6.45, 7) is 4.74. The molecule has 3 aromatic carbocycles. The molecule has 2 heterocycles. The molecule has 4 aromatic rings. The molecule has 1 aliphatic rings. The standard InChI is InChI=1S/C33H32ClN3O7/c1-19(2)31-36-28(21-5-4-6-25(17-21)42-3)29(44-31)30(38)35-22-9-12-27(34)26(18-22)32(39)37-15-13-24(14-16-37)43-23-10-7-20(8-11-23)33(40)41/h4-12,17-19,24H,13-16H2,1-3H3,(H,35,38)(H,40,41). The van der Waals surface area contributed by atoms with Gasteiger partial charge in [0.1, 0.15) is 23.3 Å². The van der Waals surface area contributed by atoms with Gasteiger partial charge in [-0.15, -0.1) is 0 Å². The number of benzene rings is 3. The fourth-order valence-corrected chi connectivity index (χ4v) is 5.07. The van der Waals surface area contributed by atoms with E-state index in [4.69, 9.17) is 30.6 Å². The molecule has 0 bridgehead atoms. The summed E-state index contributed by atoms with van der Waals surface area (Å²) in [5, 5.41) is 12.2. The normalized spacial score (nSPS) is 13.5. The summed E-state index contributed by atoms with van der Waals surface area (Å²) in [6.07, 6.45) is 1.07. The van der Waals surface area contributed by atoms with E-state index in [0.717, 1.165) is 0 Å². The van der Waals surface area contributed by atoms with E-state index in [1.165, 1.54) is 12.1 Å². The number of nitrogens with zero attached hydrogens (tertiary/aromatic N) is 2. The zero-order valence-electron chi connectivity index (χ0n) is 24.5. The van der Waals surface area contributed by atoms with Crippen LogP contribution in [-0.4, -0.2) is 59.1 Å². The fourth-order valence-electron chi connectivity index (χ4n) is 4.87. The number of amides is 2. The maximum absolute atomic E-state index is 13.5. The molecule has 2 amide bonds. The second-order valence-electron chi connectivity index (χ2n) is 10.7. The molecule has 1 saturated heterocycles. The van der Waals surface area contributed by atoms with Gasteiger partial charge >= 0.3 is 5.97 Å². The number of likely N-dealkylation sites (tertiary alicyclic amines) is 1. The predicted molar refractivity (Wildman–Crippen MR) is 165 cm³/mol. The lowest BCUT2D eigenvalue weighted by Crippen LogP contribution is -2.41. The maximum Gasteiger partial charge on any atom is 0.335 e. The van der Waals surface area contributed by atoms with E-state index in [0.29, 0.717) is 60.3 Å². The summed E-state index contributed by atoms with van der Waals surface area (Å²) >= 11 is 6.44. The molecular formula is C33H32ClN3O7. The Morgan fingerprint density at radius 3 is 2.41 bits per heavy atom. The first-order chi connectivity index (χ1) is 21.1. The number of halogens is 1. The second kappa shape index (κ2) is 13.2. The molecule has 0 atom stereocenters. The largest absolute Gasteiger partial charge is 0.497 e. The number of carboxylic acid groups (broad SMARTS) is 1. The average Bonchev–Trinajstić information content (AvgIpc) is 3.49. The van der Waals surface area contributed by atoms with Gasteiger partial charge in [-0.05, 0) is 54.6 Å². The molecule has 0 spiro atoms. The minimum atomic E-state index is -0.998. The van der Waals surface area contributed by atoms with E-state index >= 15 is 0 Å². The number of rotatable bonds is 9. The van der Waals surface area contributed by atoms with Gasteiger partial charge in [-0.1, -0.05) is 37.6 Å². The van der Waals surface area contributed by atoms with Crippen LogP contribution in [0.25, 0.3) is 11.3 Å². The van der Waals surface area contributed by atoms with Crippen molar-refractivity contribution in [2.24, 2.45) is 0 Å². The Bertz CT molecular complexity index is 1680. The zero-order valence-corrected chi connectivity index (χ0v) is 25.3. The monoisotopic (exact) mass is 617 g/mol. The number of carboxylic acids is 1. The van der Waals surface area contributed by atoms with E-state index < -0.39 is 11.9 Å². The molecule has 44 heavy (non-hydrogen) atoms. The molecule has 1 aromatic heterocycles. The van der Waals surface area contributed by atoms with Crippen LogP contribution in [0.3, 0.4) is 0 Å². The van der Waals surface area contributed by atoms with Gasteiger partial charge in [-0.3, -0.25) is 9.59 Å². The summed E-state index contributed by atoms with van der Waals surface area (Å²) < 4.78 is 17.2. The first-order valence-electron chi connectivity index (χ1n) is 14.2. The van der Waals surface area contributed by atoms with Crippen LogP contribution in [0.2, 0.25) is 5.02 Å². The number of anilines is 1. The number of piperidine rings is 1. The highest BCUT2D eigenvalue weighted by Gasteiger charge is 2.27. The van der Waals surface area contributed by atoms with Crippen molar-refractivity contribution in [3.8, 4) is 22.8 Å². The molecule has 11 heteroatoms. The number of hydrogen-bond acceptors (Lipinski definition) is 7. The number of carbonyl (C=O) groups excluding carboxylic acids is 2. The quantitative estimate of drug-likeness (QED) is 0.211. The smallest absolute Gasteiger partial charge is 0.335 e. The molecule has 0 aliphatic carbocycles. The number of hydrogen-bond donors (Lipinski definition) is 2. The summed E-state index contributed by atoms with van der Waals surface area (Å²) in [5.74, 6) is -0.156. The van der Waals surface area contributed by atoms with Crippen molar-refractivity contribution < 1.29 is 33.4 Å². The van der Waals surface area contributed by atoms with Gasteiger partial charge in [0.15, 0.2) is 5.89 Å². The van der Waals surface area contributed by atoms with Crippen molar-refractivity contribution in [2.75, 3.05) is 25.5 Å². The SMILES string of the molecule is COc1cccc(-c2nc(C(C)C)oc2C(=O)Nc2ccc(Cl)c(C(=O)N3CCC(Oc4ccc(C(=O)O)cc4)CC3)c2)c1. The van der Waals surface area contributed by atoms with Crippen molar-refractivity contribution in [1.82, 2.24) is 9.88 Å². The highest BCUT2D eigenvalue weighted by molar-refractivity contribution is 6.34. The summed E-state index contributed by atoms with van der Waals surface area (Å²) in [4.78, 5) is 44.3. The highest BCUT2D eigenvalue weighted by Crippen LogP contribution is 2.31. The van der Waals surface area contributed by atoms with Crippen LogP contribution in [0.1, 0.15) is 69.8 Å². The van der Waals surface area contributed by atoms with Crippen molar-refractivity contribution in [3.63, 3.8) is 0 Å². The third kappa shape index (κ3) is 6.86. The summed E-state index contributed by atoms with van der Waals surface area (Å²) in [5.41, 5.74) is 1.89. The van der Waals surface area contributed by atoms with Gasteiger partial charge < -0.3 is 29.2 Å². The topological polar surface area (TPSA) is 131 Å². The zero-order chi connectivity index (χ0) is 31.4. The number of aromatic nitrogens is 1. The summed E-state index contributed by atoms with van der Waals surface area (Å²) in [6, 6.07) is 18.2. The van der Waals surface area contributed by atoms with Crippen molar-refractivity contribution in [3.05, 3.63) is 94.5 Å². The number of aromatic carboxylic acids is 1. The molecule has 228 valence electrons. The lowest BCUT2D eigenvalue weighted by Gasteiger charge is -2.32. The minimum absolute atomic E-state index is 0.0458. The number of oxazole rings is 1. The van der Waals surface area contributed by atoms with Crippen molar-refractivity contribution in [2.45, 2.75) is 38.7 Å². The fraction of sp³-hybridized carbons (Fsp3) is 0.273. The van der Waals surface area contributed by atoms with Gasteiger partial charge in [-0.2, -0.15) is 0 Å². The van der Waals surface area contributed by atoms with Gasteiger partial charge in [0.25, 0.3) is 11.8 Å². The van der Waals surface area contributed by atoms with Crippen LogP contribution in [0, 0.1) is 0 Å². The molecule has 0 saturated carbocycles. The number of ether oxygens (including phenoxy) is 2. The third-order valence-corrected chi connectivity index (χ3v) is 7.60. The number of nitrogens with one attached hydrogen (secondary N) is 1. The maximum atomic E-state index is 13.5. The first kappa shape index (κ1) is 30.6. The van der Waals surface area contributed by atoms with Gasteiger partial charge in [-0.25, -0.2) is 9.78 Å². The Balaban J connectivity index is 1.27. The molecule has 1 aliphatic heterocycles. The first-order valence-corrected chi connectivity index (χ1v) is 14.6. The van der Waals surface area contributed by atoms with Crippen LogP contribution < -0.4 is 14.8 Å². The van der Waals surface area contributed by atoms with Gasteiger partial charge in [0.2, 0.25) is 5.76 Å². The Morgan fingerprint density at radius 2 is 1.75 bits per heavy atom. The summed E-state index contributed by atoms with van der Waals surface area (Å²) in [7, 11) is 1.56. The molecule has 0 radical (unpaired) electrons.